The second-order valence-electron chi connectivity index (χ2n) is 5.98. The molecule has 0 amide bonds. The fourth-order valence-corrected chi connectivity index (χ4v) is 4.12. The van der Waals surface area contributed by atoms with E-state index in [0.717, 1.165) is 23.4 Å². The lowest BCUT2D eigenvalue weighted by molar-refractivity contribution is 0.332. The number of aromatic amines is 1. The number of halogens is 1. The molecule has 3 unspecified atom stereocenters. The van der Waals surface area contributed by atoms with Gasteiger partial charge < -0.3 is 14.3 Å². The van der Waals surface area contributed by atoms with Crippen LogP contribution in [-0.4, -0.2) is 16.7 Å². The highest BCUT2D eigenvalue weighted by Gasteiger charge is 2.34. The molecule has 0 aliphatic heterocycles. The predicted molar refractivity (Wildman–Crippen MR) is 84.8 cm³/mol. The van der Waals surface area contributed by atoms with Gasteiger partial charge in [-0.15, -0.1) is 0 Å². The van der Waals surface area contributed by atoms with Gasteiger partial charge in [-0.3, -0.25) is 0 Å². The number of ether oxygens (including phenoxy) is 1. The highest BCUT2D eigenvalue weighted by atomic mass is 32.1. The lowest BCUT2D eigenvalue weighted by Crippen LogP contribution is -2.15. The number of hydrogen-bond donors (Lipinski definition) is 1. The molecule has 1 aromatic carbocycles. The number of aromatic nitrogens is 2. The molecule has 1 aliphatic rings. The molecule has 0 saturated heterocycles. The Morgan fingerprint density at radius 1 is 1.43 bits per heavy atom. The molecule has 1 fully saturated rings. The van der Waals surface area contributed by atoms with E-state index in [1.54, 1.807) is 6.07 Å². The van der Waals surface area contributed by atoms with Gasteiger partial charge in [-0.2, -0.15) is 0 Å². The van der Waals surface area contributed by atoms with Crippen LogP contribution in [0.15, 0.2) is 12.1 Å². The lowest BCUT2D eigenvalue weighted by atomic mass is 9.93. The molecule has 114 valence electrons. The second kappa shape index (κ2) is 5.44. The summed E-state index contributed by atoms with van der Waals surface area (Å²) in [5.74, 6) is 1.23. The molecule has 2 aromatic rings. The summed E-state index contributed by atoms with van der Waals surface area (Å²) in [6.45, 7) is 4.55. The third-order valence-electron chi connectivity index (χ3n) is 5.03. The van der Waals surface area contributed by atoms with Crippen molar-refractivity contribution in [2.75, 3.05) is 7.11 Å². The van der Waals surface area contributed by atoms with Gasteiger partial charge in [-0.05, 0) is 36.9 Å². The van der Waals surface area contributed by atoms with Gasteiger partial charge in [0.15, 0.2) is 16.3 Å². The summed E-state index contributed by atoms with van der Waals surface area (Å²) in [5, 5.41) is 0. The summed E-state index contributed by atoms with van der Waals surface area (Å²) in [7, 11) is 1.49. The van der Waals surface area contributed by atoms with Crippen LogP contribution in [0.5, 0.6) is 5.75 Å². The monoisotopic (exact) mass is 308 g/mol. The number of benzene rings is 1. The maximum absolute atomic E-state index is 13.8. The van der Waals surface area contributed by atoms with Crippen LogP contribution in [0.3, 0.4) is 0 Å². The van der Waals surface area contributed by atoms with Gasteiger partial charge in [0.2, 0.25) is 0 Å². The van der Waals surface area contributed by atoms with Crippen LogP contribution < -0.4 is 4.74 Å². The Balaban J connectivity index is 2.14. The van der Waals surface area contributed by atoms with Gasteiger partial charge in [-0.1, -0.05) is 20.3 Å². The Morgan fingerprint density at radius 3 is 2.81 bits per heavy atom. The van der Waals surface area contributed by atoms with E-state index >= 15 is 0 Å². The van der Waals surface area contributed by atoms with Crippen LogP contribution in [0.4, 0.5) is 4.39 Å². The zero-order valence-corrected chi connectivity index (χ0v) is 13.5. The standard InChI is InChI=1S/C16H21FN2OS/c1-4-10-5-6-13(9(10)2)19-14-8-15(20-3)11(17)7-12(14)18-16(19)21/h7-10,13H,4-6H2,1-3H3,(H,18,21). The Hall–Kier alpha value is -1.36. The van der Waals surface area contributed by atoms with Crippen LogP contribution in [0.1, 0.15) is 39.2 Å². The molecule has 21 heavy (non-hydrogen) atoms. The molecular weight excluding hydrogens is 287 g/mol. The Bertz CT molecular complexity index is 721. The average Bonchev–Trinajstić information content (AvgIpc) is 2.96. The quantitative estimate of drug-likeness (QED) is 0.822. The van der Waals surface area contributed by atoms with Crippen molar-refractivity contribution in [3.8, 4) is 5.75 Å². The van der Waals surface area contributed by atoms with Crippen molar-refractivity contribution in [1.82, 2.24) is 9.55 Å². The van der Waals surface area contributed by atoms with E-state index in [4.69, 9.17) is 17.0 Å². The number of methoxy groups -OCH3 is 1. The third kappa shape index (κ3) is 2.27. The zero-order valence-electron chi connectivity index (χ0n) is 12.6. The van der Waals surface area contributed by atoms with Crippen molar-refractivity contribution >= 4 is 23.3 Å². The molecule has 0 spiro atoms. The number of hydrogen-bond acceptors (Lipinski definition) is 2. The number of nitrogens with one attached hydrogen (secondary N) is 1. The number of fused-ring (bicyclic) bond motifs is 1. The molecular formula is C16H21FN2OS. The van der Waals surface area contributed by atoms with Crippen molar-refractivity contribution in [2.24, 2.45) is 11.8 Å². The summed E-state index contributed by atoms with van der Waals surface area (Å²) in [6.07, 6.45) is 3.56. The molecule has 1 heterocycles. The molecule has 3 atom stereocenters. The minimum atomic E-state index is -0.362. The van der Waals surface area contributed by atoms with E-state index in [1.807, 2.05) is 0 Å². The second-order valence-corrected chi connectivity index (χ2v) is 6.36. The minimum absolute atomic E-state index is 0.267. The molecule has 0 bridgehead atoms. The Kier molecular flexibility index (Phi) is 3.78. The summed E-state index contributed by atoms with van der Waals surface area (Å²) in [6, 6.07) is 3.60. The van der Waals surface area contributed by atoms with Gasteiger partial charge in [-0.25, -0.2) is 4.39 Å². The van der Waals surface area contributed by atoms with Crippen molar-refractivity contribution in [2.45, 2.75) is 39.2 Å². The lowest BCUT2D eigenvalue weighted by Gasteiger charge is -2.22. The normalized spacial score (nSPS) is 25.6. The highest BCUT2D eigenvalue weighted by Crippen LogP contribution is 2.43. The summed E-state index contributed by atoms with van der Waals surface area (Å²) < 4.78 is 21.8. The Labute approximate surface area is 129 Å². The topological polar surface area (TPSA) is 29.9 Å². The van der Waals surface area contributed by atoms with E-state index in [9.17, 15) is 4.39 Å². The number of imidazole rings is 1. The SMILES string of the molecule is CCC1CCC(n2c(=S)[nH]c3cc(F)c(OC)cc32)C1C. The molecule has 1 N–H and O–H groups in total. The van der Waals surface area contributed by atoms with Crippen LogP contribution >= 0.6 is 12.2 Å². The number of nitrogens with zero attached hydrogens (tertiary/aromatic N) is 1. The van der Waals surface area contributed by atoms with Gasteiger partial charge in [0.25, 0.3) is 0 Å². The van der Waals surface area contributed by atoms with E-state index in [2.05, 4.69) is 23.4 Å². The minimum Gasteiger partial charge on any atom is -0.494 e. The maximum Gasteiger partial charge on any atom is 0.178 e. The van der Waals surface area contributed by atoms with Gasteiger partial charge in [0.05, 0.1) is 18.1 Å². The first kappa shape index (κ1) is 14.6. The van der Waals surface area contributed by atoms with Crippen molar-refractivity contribution < 1.29 is 9.13 Å². The average molecular weight is 308 g/mol. The van der Waals surface area contributed by atoms with E-state index in [0.29, 0.717) is 16.7 Å². The number of H-pyrrole nitrogens is 1. The van der Waals surface area contributed by atoms with Crippen LogP contribution in [-0.2, 0) is 0 Å². The van der Waals surface area contributed by atoms with Crippen molar-refractivity contribution in [1.29, 1.82) is 0 Å². The molecule has 1 aromatic heterocycles. The Morgan fingerprint density at radius 2 is 2.19 bits per heavy atom. The molecule has 1 saturated carbocycles. The van der Waals surface area contributed by atoms with Crippen LogP contribution in [0.2, 0.25) is 0 Å². The predicted octanol–water partition coefficient (Wildman–Crippen LogP) is 4.84. The maximum atomic E-state index is 13.8. The van der Waals surface area contributed by atoms with Crippen molar-refractivity contribution in [3.63, 3.8) is 0 Å². The molecule has 1 aliphatic carbocycles. The molecule has 3 rings (SSSR count). The largest absolute Gasteiger partial charge is 0.494 e. The fourth-order valence-electron chi connectivity index (χ4n) is 3.78. The van der Waals surface area contributed by atoms with Gasteiger partial charge >= 0.3 is 0 Å². The first-order chi connectivity index (χ1) is 10.1. The first-order valence-electron chi connectivity index (χ1n) is 7.54. The summed E-state index contributed by atoms with van der Waals surface area (Å²) in [4.78, 5) is 3.13. The molecule has 5 heteroatoms. The number of rotatable bonds is 3. The molecule has 3 nitrogen and oxygen atoms in total. The first-order valence-corrected chi connectivity index (χ1v) is 7.95. The zero-order chi connectivity index (χ0) is 15.1. The highest BCUT2D eigenvalue weighted by molar-refractivity contribution is 7.71. The van der Waals surface area contributed by atoms with Gasteiger partial charge in [0, 0.05) is 18.2 Å². The summed E-state index contributed by atoms with van der Waals surface area (Å²) in [5.41, 5.74) is 1.68. The molecule has 0 radical (unpaired) electrons. The van der Waals surface area contributed by atoms with E-state index in [-0.39, 0.29) is 11.6 Å². The van der Waals surface area contributed by atoms with E-state index < -0.39 is 0 Å². The fraction of sp³-hybridized carbons (Fsp3) is 0.562. The third-order valence-corrected chi connectivity index (χ3v) is 5.33. The summed E-state index contributed by atoms with van der Waals surface area (Å²) >= 11 is 5.48. The van der Waals surface area contributed by atoms with Crippen LogP contribution in [0.25, 0.3) is 11.0 Å². The smallest absolute Gasteiger partial charge is 0.178 e. The van der Waals surface area contributed by atoms with Gasteiger partial charge in [0.1, 0.15) is 0 Å². The van der Waals surface area contributed by atoms with Crippen molar-refractivity contribution in [3.05, 3.63) is 22.7 Å². The van der Waals surface area contributed by atoms with E-state index in [1.165, 1.54) is 26.0 Å². The van der Waals surface area contributed by atoms with Crippen LogP contribution in [0, 0.1) is 22.4 Å².